The van der Waals surface area contributed by atoms with Gasteiger partial charge in [0.2, 0.25) is 0 Å². The van der Waals surface area contributed by atoms with Gasteiger partial charge < -0.3 is 5.32 Å². The molecule has 1 saturated carbocycles. The lowest BCUT2D eigenvalue weighted by Crippen LogP contribution is -2.37. The van der Waals surface area contributed by atoms with E-state index in [9.17, 15) is 0 Å². The van der Waals surface area contributed by atoms with Gasteiger partial charge in [0.15, 0.2) is 0 Å². The summed E-state index contributed by atoms with van der Waals surface area (Å²) in [5.41, 5.74) is 1.72. The van der Waals surface area contributed by atoms with Crippen molar-refractivity contribution < 1.29 is 0 Å². The molecule has 2 aliphatic heterocycles. The van der Waals surface area contributed by atoms with Crippen LogP contribution < -0.4 is 5.32 Å². The zero-order valence-corrected chi connectivity index (χ0v) is 8.14. The first-order chi connectivity index (χ1) is 6.30. The minimum Gasteiger partial charge on any atom is -0.313 e. The predicted molar refractivity (Wildman–Crippen MR) is 54.2 cm³/mol. The largest absolute Gasteiger partial charge is 0.313 e. The molecule has 0 amide bonds. The van der Waals surface area contributed by atoms with Crippen LogP contribution in [0.3, 0.4) is 0 Å². The molecular weight excluding hydrogens is 182 g/mol. The molecule has 3 fully saturated rings. The van der Waals surface area contributed by atoms with Gasteiger partial charge in [-0.2, -0.15) is 0 Å². The van der Waals surface area contributed by atoms with Crippen molar-refractivity contribution >= 4 is 11.6 Å². The van der Waals surface area contributed by atoms with Crippen molar-refractivity contribution in [3.63, 3.8) is 0 Å². The summed E-state index contributed by atoms with van der Waals surface area (Å²) in [6.07, 6.45) is 2.55. The summed E-state index contributed by atoms with van der Waals surface area (Å²) in [4.78, 5) is 0. The predicted octanol–water partition coefficient (Wildman–Crippen LogP) is 2.34. The number of benzene rings is 1. The summed E-state index contributed by atoms with van der Waals surface area (Å²) >= 11 is 6.19. The highest BCUT2D eigenvalue weighted by atomic mass is 35.5. The summed E-state index contributed by atoms with van der Waals surface area (Å²) in [7, 11) is 0. The zero-order chi connectivity index (χ0) is 8.89. The van der Waals surface area contributed by atoms with E-state index in [1.807, 2.05) is 12.1 Å². The maximum atomic E-state index is 6.19. The lowest BCUT2D eigenvalue weighted by molar-refractivity contribution is 0.305. The van der Waals surface area contributed by atoms with Gasteiger partial charge >= 0.3 is 0 Å². The molecule has 2 bridgehead atoms. The molecule has 1 nitrogen and oxygen atoms in total. The molecule has 0 spiro atoms. The number of hydrogen-bond donors (Lipinski definition) is 1. The van der Waals surface area contributed by atoms with Gasteiger partial charge in [0, 0.05) is 23.0 Å². The van der Waals surface area contributed by atoms with Crippen molar-refractivity contribution in [1.82, 2.24) is 5.32 Å². The van der Waals surface area contributed by atoms with Gasteiger partial charge in [0.1, 0.15) is 0 Å². The van der Waals surface area contributed by atoms with E-state index < -0.39 is 0 Å². The summed E-state index contributed by atoms with van der Waals surface area (Å²) in [5.74, 6) is 0. The Labute approximate surface area is 83.1 Å². The summed E-state index contributed by atoms with van der Waals surface area (Å²) in [6.45, 7) is 1.11. The van der Waals surface area contributed by atoms with Crippen LogP contribution in [0, 0.1) is 0 Å². The molecule has 2 saturated heterocycles. The van der Waals surface area contributed by atoms with Crippen molar-refractivity contribution in [2.75, 3.05) is 6.54 Å². The third-order valence-corrected chi connectivity index (χ3v) is 3.78. The Kier molecular flexibility index (Phi) is 1.50. The molecule has 4 rings (SSSR count). The number of halogens is 1. The van der Waals surface area contributed by atoms with Gasteiger partial charge in [-0.05, 0) is 24.5 Å². The maximum Gasteiger partial charge on any atom is 0.0444 e. The fourth-order valence-corrected chi connectivity index (χ4v) is 3.05. The normalized spacial score (nSPS) is 35.9. The molecule has 2 heterocycles. The first-order valence-corrected chi connectivity index (χ1v) is 5.16. The van der Waals surface area contributed by atoms with Crippen molar-refractivity contribution in [3.8, 4) is 0 Å². The van der Waals surface area contributed by atoms with Gasteiger partial charge in [0.05, 0.1) is 0 Å². The molecule has 1 N–H and O–H groups in total. The van der Waals surface area contributed by atoms with Crippen LogP contribution in [0.4, 0.5) is 0 Å². The van der Waals surface area contributed by atoms with E-state index in [4.69, 9.17) is 11.6 Å². The second kappa shape index (κ2) is 2.49. The molecule has 0 unspecified atom stereocenters. The van der Waals surface area contributed by atoms with E-state index in [0.29, 0.717) is 5.41 Å². The average molecular weight is 194 g/mol. The molecule has 1 aromatic carbocycles. The van der Waals surface area contributed by atoms with Gasteiger partial charge in [-0.1, -0.05) is 29.8 Å². The van der Waals surface area contributed by atoms with Crippen molar-refractivity contribution in [2.45, 2.75) is 24.3 Å². The van der Waals surface area contributed by atoms with Gasteiger partial charge in [-0.15, -0.1) is 0 Å². The summed E-state index contributed by atoms with van der Waals surface area (Å²) in [6, 6.07) is 9.02. The zero-order valence-electron chi connectivity index (χ0n) is 7.39. The van der Waals surface area contributed by atoms with Gasteiger partial charge in [0.25, 0.3) is 0 Å². The number of rotatable bonds is 1. The first-order valence-electron chi connectivity index (χ1n) is 4.79. The Hall–Kier alpha value is -0.530. The van der Waals surface area contributed by atoms with Crippen LogP contribution >= 0.6 is 11.6 Å². The maximum absolute atomic E-state index is 6.19. The quantitative estimate of drug-likeness (QED) is 0.722. The van der Waals surface area contributed by atoms with E-state index in [-0.39, 0.29) is 0 Å². The van der Waals surface area contributed by atoms with Crippen LogP contribution in [0.5, 0.6) is 0 Å². The van der Waals surface area contributed by atoms with Crippen LogP contribution in [0.25, 0.3) is 0 Å². The molecule has 0 aromatic heterocycles. The van der Waals surface area contributed by atoms with Crippen molar-refractivity contribution in [2.24, 2.45) is 0 Å². The molecular formula is C11H12ClN. The molecule has 2 heteroatoms. The lowest BCUT2D eigenvalue weighted by Gasteiger charge is -2.37. The van der Waals surface area contributed by atoms with Crippen molar-refractivity contribution in [1.29, 1.82) is 0 Å². The monoisotopic (exact) mass is 193 g/mol. The van der Waals surface area contributed by atoms with E-state index in [0.717, 1.165) is 17.6 Å². The Morgan fingerprint density at radius 3 is 2.69 bits per heavy atom. The summed E-state index contributed by atoms with van der Waals surface area (Å²) in [5, 5.41) is 4.44. The molecule has 3 aliphatic rings. The molecule has 13 heavy (non-hydrogen) atoms. The second-order valence-corrected chi connectivity index (χ2v) is 4.65. The topological polar surface area (TPSA) is 12.0 Å². The lowest BCUT2D eigenvalue weighted by atomic mass is 9.66. The Bertz CT molecular complexity index is 336. The fourth-order valence-electron chi connectivity index (χ4n) is 2.72. The standard InChI is InChI=1S/C11H12ClN/c12-10-4-2-1-3-9(10)11-5-8(6-11)13-7-11/h1-4,8,13H,5-7H2. The Morgan fingerprint density at radius 1 is 1.31 bits per heavy atom. The van der Waals surface area contributed by atoms with E-state index >= 15 is 0 Å². The van der Waals surface area contributed by atoms with E-state index in [2.05, 4.69) is 17.4 Å². The number of fused-ring (bicyclic) bond motifs is 1. The smallest absolute Gasteiger partial charge is 0.0444 e. The van der Waals surface area contributed by atoms with Crippen molar-refractivity contribution in [3.05, 3.63) is 34.9 Å². The van der Waals surface area contributed by atoms with Gasteiger partial charge in [-0.3, -0.25) is 0 Å². The minimum absolute atomic E-state index is 0.378. The first kappa shape index (κ1) is 7.84. The highest BCUT2D eigenvalue weighted by molar-refractivity contribution is 6.31. The fraction of sp³-hybridized carbons (Fsp3) is 0.455. The Balaban J connectivity index is 2.05. The number of hydrogen-bond acceptors (Lipinski definition) is 1. The Morgan fingerprint density at radius 2 is 2.08 bits per heavy atom. The third kappa shape index (κ3) is 0.976. The van der Waals surface area contributed by atoms with Crippen LogP contribution in [0.2, 0.25) is 5.02 Å². The molecule has 0 radical (unpaired) electrons. The van der Waals surface area contributed by atoms with Crippen LogP contribution in [-0.4, -0.2) is 12.6 Å². The molecule has 1 aliphatic carbocycles. The van der Waals surface area contributed by atoms with Crippen LogP contribution in [0.15, 0.2) is 24.3 Å². The van der Waals surface area contributed by atoms with E-state index in [1.54, 1.807) is 0 Å². The van der Waals surface area contributed by atoms with Crippen LogP contribution in [-0.2, 0) is 5.41 Å². The van der Waals surface area contributed by atoms with Gasteiger partial charge in [-0.25, -0.2) is 0 Å². The molecule has 1 aromatic rings. The second-order valence-electron chi connectivity index (χ2n) is 4.25. The highest BCUT2D eigenvalue weighted by Crippen LogP contribution is 2.50. The molecule has 0 atom stereocenters. The van der Waals surface area contributed by atoms with Crippen LogP contribution in [0.1, 0.15) is 18.4 Å². The highest BCUT2D eigenvalue weighted by Gasteiger charge is 2.51. The summed E-state index contributed by atoms with van der Waals surface area (Å²) < 4.78 is 0. The SMILES string of the molecule is Clc1ccccc1C12CNC(C1)C2. The average Bonchev–Trinajstić information content (AvgIpc) is 2.63. The van der Waals surface area contributed by atoms with E-state index in [1.165, 1.54) is 18.4 Å². The minimum atomic E-state index is 0.378. The third-order valence-electron chi connectivity index (χ3n) is 3.45. The molecule has 68 valence electrons. The number of nitrogens with one attached hydrogen (secondary N) is 1.